The number of ether oxygens (including phenoxy) is 2. The number of nitrogens with zero attached hydrogens (tertiary/aromatic N) is 3. The van der Waals surface area contributed by atoms with Gasteiger partial charge in [-0.15, -0.1) is 0 Å². The quantitative estimate of drug-likeness (QED) is 0.514. The van der Waals surface area contributed by atoms with Gasteiger partial charge in [-0.25, -0.2) is 0 Å². The number of nitrogens with one attached hydrogen (secondary N) is 2. The Morgan fingerprint density at radius 1 is 1.17 bits per heavy atom. The average molecular weight is 404 g/mol. The van der Waals surface area contributed by atoms with Gasteiger partial charge in [0.15, 0.2) is 23.3 Å². The molecule has 1 heterocycles. The molecule has 2 aromatic rings. The topological polar surface area (TPSA) is 93.8 Å². The minimum absolute atomic E-state index is 0.00601. The zero-order valence-corrected chi connectivity index (χ0v) is 18.5. The molecule has 160 valence electrons. The molecule has 0 spiro atoms. The van der Waals surface area contributed by atoms with E-state index in [1.54, 1.807) is 7.05 Å². The molecule has 1 unspecified atom stereocenters. The van der Waals surface area contributed by atoms with Crippen LogP contribution in [0.15, 0.2) is 27.7 Å². The largest absolute Gasteiger partial charge is 0.490 e. The fourth-order valence-corrected chi connectivity index (χ4v) is 2.61. The first-order valence-electron chi connectivity index (χ1n) is 9.98. The van der Waals surface area contributed by atoms with Crippen LogP contribution in [0.25, 0.3) is 0 Å². The fraction of sp³-hybridized carbons (Fsp3) is 0.571. The van der Waals surface area contributed by atoms with Gasteiger partial charge in [-0.2, -0.15) is 4.98 Å². The summed E-state index contributed by atoms with van der Waals surface area (Å²) in [4.78, 5) is 8.71. The van der Waals surface area contributed by atoms with Crippen molar-refractivity contribution in [3.63, 3.8) is 0 Å². The van der Waals surface area contributed by atoms with Crippen LogP contribution in [0.1, 0.15) is 64.9 Å². The van der Waals surface area contributed by atoms with Crippen LogP contribution in [0.5, 0.6) is 11.5 Å². The minimum atomic E-state index is -0.175. The standard InChI is InChI=1S/C21H33N5O3/c1-8-27-16-11-10-15(12-17(16)28-9-2)14(3)24-20(22-7)23-13-18-25-19(29-26-18)21(4,5)6/h10-12,14H,8-9,13H2,1-7H3,(H2,22,23,24). The summed E-state index contributed by atoms with van der Waals surface area (Å²) in [5.41, 5.74) is 0.889. The van der Waals surface area contributed by atoms with Crippen LogP contribution in [-0.4, -0.2) is 36.4 Å². The Balaban J connectivity index is 2.01. The molecule has 0 amide bonds. The molecule has 0 radical (unpaired) electrons. The summed E-state index contributed by atoms with van der Waals surface area (Å²) in [6.45, 7) is 13.7. The van der Waals surface area contributed by atoms with Gasteiger partial charge in [-0.1, -0.05) is 32.0 Å². The van der Waals surface area contributed by atoms with E-state index in [4.69, 9.17) is 14.0 Å². The summed E-state index contributed by atoms with van der Waals surface area (Å²) >= 11 is 0. The SMILES string of the molecule is CCOc1ccc(C(C)NC(=NC)NCc2noc(C(C)(C)C)n2)cc1OCC. The van der Waals surface area contributed by atoms with E-state index >= 15 is 0 Å². The highest BCUT2D eigenvalue weighted by atomic mass is 16.5. The van der Waals surface area contributed by atoms with Gasteiger partial charge in [0.05, 0.1) is 25.8 Å². The third-order valence-corrected chi connectivity index (χ3v) is 4.17. The van der Waals surface area contributed by atoms with Crippen LogP contribution < -0.4 is 20.1 Å². The summed E-state index contributed by atoms with van der Waals surface area (Å²) < 4.78 is 16.7. The Hall–Kier alpha value is -2.77. The lowest BCUT2D eigenvalue weighted by atomic mass is 9.97. The van der Waals surface area contributed by atoms with Crippen molar-refractivity contribution in [3.05, 3.63) is 35.5 Å². The molecular formula is C21H33N5O3. The highest BCUT2D eigenvalue weighted by Crippen LogP contribution is 2.30. The normalized spacial score (nSPS) is 13.1. The summed E-state index contributed by atoms with van der Waals surface area (Å²) in [5, 5.41) is 10.6. The lowest BCUT2D eigenvalue weighted by Gasteiger charge is -2.19. The van der Waals surface area contributed by atoms with E-state index in [9.17, 15) is 0 Å². The van der Waals surface area contributed by atoms with Gasteiger partial charge in [0, 0.05) is 12.5 Å². The maximum absolute atomic E-state index is 5.72. The number of guanidine groups is 1. The molecule has 8 heteroatoms. The van der Waals surface area contributed by atoms with Gasteiger partial charge in [-0.3, -0.25) is 4.99 Å². The third kappa shape index (κ3) is 6.37. The summed E-state index contributed by atoms with van der Waals surface area (Å²) in [6.07, 6.45) is 0. The zero-order valence-electron chi connectivity index (χ0n) is 18.5. The number of rotatable bonds is 8. The first-order valence-corrected chi connectivity index (χ1v) is 9.98. The molecule has 8 nitrogen and oxygen atoms in total. The molecule has 0 fully saturated rings. The van der Waals surface area contributed by atoms with Crippen molar-refractivity contribution in [1.29, 1.82) is 0 Å². The number of hydrogen-bond donors (Lipinski definition) is 2. The second-order valence-electron chi connectivity index (χ2n) is 7.63. The monoisotopic (exact) mass is 403 g/mol. The van der Waals surface area contributed by atoms with E-state index in [2.05, 4.69) is 32.7 Å². The Bertz CT molecular complexity index is 811. The fourth-order valence-electron chi connectivity index (χ4n) is 2.61. The van der Waals surface area contributed by atoms with Crippen molar-refractivity contribution < 1.29 is 14.0 Å². The molecule has 1 atom stereocenters. The van der Waals surface area contributed by atoms with Crippen LogP contribution in [0.3, 0.4) is 0 Å². The second kappa shape index (κ2) is 10.1. The molecule has 1 aromatic heterocycles. The van der Waals surface area contributed by atoms with Crippen molar-refractivity contribution in [2.45, 2.75) is 59.5 Å². The minimum Gasteiger partial charge on any atom is -0.490 e. The summed E-state index contributed by atoms with van der Waals surface area (Å²) in [5.74, 6) is 3.34. The number of hydrogen-bond acceptors (Lipinski definition) is 6. The van der Waals surface area contributed by atoms with Gasteiger partial charge >= 0.3 is 0 Å². The predicted octanol–water partition coefficient (Wildman–Crippen LogP) is 3.59. The summed E-state index contributed by atoms with van der Waals surface area (Å²) in [6, 6.07) is 5.96. The van der Waals surface area contributed by atoms with E-state index in [1.807, 2.05) is 52.8 Å². The molecule has 0 aliphatic carbocycles. The highest BCUT2D eigenvalue weighted by molar-refractivity contribution is 5.80. The first kappa shape index (κ1) is 22.5. The van der Waals surface area contributed by atoms with Gasteiger partial charge in [0.1, 0.15) is 0 Å². The van der Waals surface area contributed by atoms with Crippen LogP contribution >= 0.6 is 0 Å². The Labute approximate surface area is 173 Å². The van der Waals surface area contributed by atoms with E-state index in [0.29, 0.717) is 37.4 Å². The lowest BCUT2D eigenvalue weighted by Crippen LogP contribution is -2.38. The number of aromatic nitrogens is 2. The Kier molecular flexibility index (Phi) is 7.87. The first-order chi connectivity index (χ1) is 13.8. The van der Waals surface area contributed by atoms with Crippen molar-refractivity contribution in [1.82, 2.24) is 20.8 Å². The molecule has 1 aromatic carbocycles. The second-order valence-corrected chi connectivity index (χ2v) is 7.63. The van der Waals surface area contributed by atoms with Crippen LogP contribution in [-0.2, 0) is 12.0 Å². The zero-order chi connectivity index (χ0) is 21.4. The Morgan fingerprint density at radius 2 is 1.86 bits per heavy atom. The van der Waals surface area contributed by atoms with Gasteiger partial charge in [0.2, 0.25) is 5.89 Å². The lowest BCUT2D eigenvalue weighted by molar-refractivity contribution is 0.287. The molecule has 0 bridgehead atoms. The molecule has 2 rings (SSSR count). The van der Waals surface area contributed by atoms with Crippen molar-refractivity contribution in [3.8, 4) is 11.5 Å². The predicted molar refractivity (Wildman–Crippen MR) is 114 cm³/mol. The van der Waals surface area contributed by atoms with Gasteiger partial charge in [-0.05, 0) is 38.5 Å². The molecule has 0 aliphatic rings. The summed E-state index contributed by atoms with van der Waals surface area (Å²) in [7, 11) is 1.72. The van der Waals surface area contributed by atoms with Gasteiger partial charge in [0.25, 0.3) is 0 Å². The van der Waals surface area contributed by atoms with Crippen LogP contribution in [0.4, 0.5) is 0 Å². The van der Waals surface area contributed by atoms with Crippen molar-refractivity contribution >= 4 is 5.96 Å². The van der Waals surface area contributed by atoms with Gasteiger partial charge < -0.3 is 24.6 Å². The van der Waals surface area contributed by atoms with E-state index in [1.165, 1.54) is 0 Å². The molecular weight excluding hydrogens is 370 g/mol. The number of aliphatic imine (C=N–C) groups is 1. The number of benzene rings is 1. The van der Waals surface area contributed by atoms with E-state index in [-0.39, 0.29) is 11.5 Å². The van der Waals surface area contributed by atoms with Crippen molar-refractivity contribution in [2.24, 2.45) is 4.99 Å². The maximum atomic E-state index is 5.72. The maximum Gasteiger partial charge on any atom is 0.232 e. The molecule has 0 saturated heterocycles. The molecule has 0 saturated carbocycles. The highest BCUT2D eigenvalue weighted by Gasteiger charge is 2.21. The van der Waals surface area contributed by atoms with Crippen LogP contribution in [0.2, 0.25) is 0 Å². The van der Waals surface area contributed by atoms with Crippen molar-refractivity contribution in [2.75, 3.05) is 20.3 Å². The molecule has 0 aliphatic heterocycles. The van der Waals surface area contributed by atoms with E-state index < -0.39 is 0 Å². The van der Waals surface area contributed by atoms with E-state index in [0.717, 1.165) is 17.1 Å². The smallest absolute Gasteiger partial charge is 0.232 e. The molecule has 2 N–H and O–H groups in total. The van der Waals surface area contributed by atoms with Crippen LogP contribution in [0, 0.1) is 0 Å². The third-order valence-electron chi connectivity index (χ3n) is 4.17. The molecule has 29 heavy (non-hydrogen) atoms. The Morgan fingerprint density at radius 3 is 2.45 bits per heavy atom. The average Bonchev–Trinajstić information content (AvgIpc) is 3.16.